The van der Waals surface area contributed by atoms with Gasteiger partial charge in [0.25, 0.3) is 12.3 Å². The highest BCUT2D eigenvalue weighted by molar-refractivity contribution is 5.94. The van der Waals surface area contributed by atoms with Gasteiger partial charge in [-0.2, -0.15) is 0 Å². The van der Waals surface area contributed by atoms with Crippen LogP contribution in [-0.4, -0.2) is 40.3 Å². The van der Waals surface area contributed by atoms with Crippen LogP contribution >= 0.6 is 0 Å². The first-order valence-electron chi connectivity index (χ1n) is 8.84. The fraction of sp³-hybridized carbons (Fsp3) is 0.421. The van der Waals surface area contributed by atoms with E-state index < -0.39 is 17.8 Å². The first-order valence-corrected chi connectivity index (χ1v) is 8.84. The lowest BCUT2D eigenvalue weighted by atomic mass is 10.2. The molecule has 29 heavy (non-hydrogen) atoms. The number of benzene rings is 1. The third-order valence-electron chi connectivity index (χ3n) is 4.09. The van der Waals surface area contributed by atoms with Crippen molar-refractivity contribution in [3.63, 3.8) is 0 Å². The summed E-state index contributed by atoms with van der Waals surface area (Å²) in [5.74, 6) is -0.905. The zero-order valence-electron chi connectivity index (χ0n) is 15.9. The minimum Gasteiger partial charge on any atom is -0.496 e. The van der Waals surface area contributed by atoms with Gasteiger partial charge in [-0.15, -0.1) is 0 Å². The van der Waals surface area contributed by atoms with Crippen molar-refractivity contribution in [1.29, 1.82) is 0 Å². The normalized spacial score (nSPS) is 18.2. The lowest BCUT2D eigenvalue weighted by molar-refractivity contribution is -0.126. The van der Waals surface area contributed by atoms with E-state index in [-0.39, 0.29) is 30.5 Å². The lowest BCUT2D eigenvalue weighted by Gasteiger charge is -2.11. The molecule has 1 aromatic heterocycles. The Kier molecular flexibility index (Phi) is 8.34. The number of nitrogens with one attached hydrogen (secondary N) is 1. The molecule has 0 aliphatic carbocycles. The van der Waals surface area contributed by atoms with Crippen LogP contribution in [-0.2, 0) is 16.1 Å². The predicted octanol–water partition coefficient (Wildman–Crippen LogP) is 3.25. The molecule has 1 amide bonds. The van der Waals surface area contributed by atoms with Gasteiger partial charge in [0, 0.05) is 0 Å². The summed E-state index contributed by atoms with van der Waals surface area (Å²) in [4.78, 5) is 19.5. The molecular weight excluding hydrogens is 391 g/mol. The molecule has 1 aliphatic rings. The number of ether oxygens (including phenoxy) is 2. The van der Waals surface area contributed by atoms with E-state index in [9.17, 15) is 18.0 Å². The molecule has 3 rings (SSSR count). The van der Waals surface area contributed by atoms with Crippen molar-refractivity contribution in [2.24, 2.45) is 0 Å². The summed E-state index contributed by atoms with van der Waals surface area (Å²) in [7, 11) is 1.22. The van der Waals surface area contributed by atoms with Crippen LogP contribution in [0, 0.1) is 5.82 Å². The van der Waals surface area contributed by atoms with E-state index in [0.29, 0.717) is 11.5 Å². The Morgan fingerprint density at radius 2 is 2.03 bits per heavy atom. The number of carbonyl (C=O) groups excluding carboxylic acids is 1. The highest BCUT2D eigenvalue weighted by Crippen LogP contribution is 2.30. The van der Waals surface area contributed by atoms with Gasteiger partial charge in [-0.3, -0.25) is 4.79 Å². The minimum absolute atomic E-state index is 0.120. The van der Waals surface area contributed by atoms with E-state index in [4.69, 9.17) is 9.84 Å². The van der Waals surface area contributed by atoms with Gasteiger partial charge in [-0.1, -0.05) is 6.07 Å². The Bertz CT molecular complexity index is 806. The SMILES string of the molecule is CC1CCC(C(=O)Nc2cnc(CO)nc2)O1.COc1cccc(F)c1C(F)F. The maximum atomic E-state index is 12.7. The van der Waals surface area contributed by atoms with Gasteiger partial charge in [0.15, 0.2) is 5.82 Å². The maximum absolute atomic E-state index is 12.7. The van der Waals surface area contributed by atoms with Crippen LogP contribution < -0.4 is 10.1 Å². The van der Waals surface area contributed by atoms with Crippen LogP contribution in [0.2, 0.25) is 0 Å². The van der Waals surface area contributed by atoms with Gasteiger partial charge in [0.05, 0.1) is 36.9 Å². The first-order chi connectivity index (χ1) is 13.8. The second kappa shape index (κ2) is 10.7. The number of nitrogens with zero attached hydrogens (tertiary/aromatic N) is 2. The van der Waals surface area contributed by atoms with Crippen molar-refractivity contribution in [1.82, 2.24) is 9.97 Å². The number of aliphatic hydroxyl groups is 1. The molecule has 0 saturated carbocycles. The van der Waals surface area contributed by atoms with Gasteiger partial charge < -0.3 is 19.9 Å². The van der Waals surface area contributed by atoms with Crippen LogP contribution in [0.5, 0.6) is 5.75 Å². The van der Waals surface area contributed by atoms with Crippen LogP contribution in [0.3, 0.4) is 0 Å². The first kappa shape index (κ1) is 22.6. The van der Waals surface area contributed by atoms with Crippen molar-refractivity contribution in [3.05, 3.63) is 47.8 Å². The van der Waals surface area contributed by atoms with E-state index in [1.54, 1.807) is 0 Å². The van der Waals surface area contributed by atoms with Gasteiger partial charge in [-0.25, -0.2) is 23.1 Å². The summed E-state index contributed by atoms with van der Waals surface area (Å²) in [6, 6.07) is 3.59. The smallest absolute Gasteiger partial charge is 0.270 e. The molecule has 1 aliphatic heterocycles. The van der Waals surface area contributed by atoms with Crippen LogP contribution in [0.25, 0.3) is 0 Å². The molecule has 0 bridgehead atoms. The van der Waals surface area contributed by atoms with Crippen molar-refractivity contribution >= 4 is 11.6 Å². The number of alkyl halides is 2. The average Bonchev–Trinajstić information content (AvgIpc) is 3.15. The van der Waals surface area contributed by atoms with Crippen LogP contribution in [0.4, 0.5) is 18.9 Å². The Morgan fingerprint density at radius 3 is 2.52 bits per heavy atom. The minimum atomic E-state index is -2.85. The van der Waals surface area contributed by atoms with Crippen molar-refractivity contribution in [2.75, 3.05) is 12.4 Å². The number of hydrogen-bond acceptors (Lipinski definition) is 6. The highest BCUT2D eigenvalue weighted by atomic mass is 19.3. The molecule has 158 valence electrons. The molecule has 2 heterocycles. The summed E-state index contributed by atoms with van der Waals surface area (Å²) in [5, 5.41) is 11.5. The molecule has 1 fully saturated rings. The quantitative estimate of drug-likeness (QED) is 0.782. The number of anilines is 1. The van der Waals surface area contributed by atoms with E-state index >= 15 is 0 Å². The van der Waals surface area contributed by atoms with E-state index in [2.05, 4.69) is 20.0 Å². The third kappa shape index (κ3) is 6.40. The number of carbonyl (C=O) groups is 1. The Morgan fingerprint density at radius 1 is 1.34 bits per heavy atom. The molecule has 2 N–H and O–H groups in total. The second-order valence-electron chi connectivity index (χ2n) is 6.20. The Labute approximate surface area is 165 Å². The summed E-state index contributed by atoms with van der Waals surface area (Å²) in [5.41, 5.74) is -0.171. The molecule has 0 radical (unpaired) electrons. The fourth-order valence-corrected chi connectivity index (χ4v) is 2.63. The number of aliphatic hydroxyl groups excluding tert-OH is 1. The topological polar surface area (TPSA) is 93.6 Å². The number of methoxy groups -OCH3 is 1. The van der Waals surface area contributed by atoms with Gasteiger partial charge in [-0.05, 0) is 31.9 Å². The molecular formula is C19H22F3N3O4. The standard InChI is InChI=1S/C11H15N3O3.C8H7F3O/c1-7-2-3-9(17-7)11(16)14-8-4-12-10(6-15)13-5-8;1-12-6-4-2-3-5(9)7(6)8(10)11/h4-5,7,9,15H,2-3,6H2,1H3,(H,14,16);2-4,8H,1H3. The van der Waals surface area contributed by atoms with E-state index in [1.165, 1.54) is 31.6 Å². The van der Waals surface area contributed by atoms with Gasteiger partial charge >= 0.3 is 0 Å². The predicted molar refractivity (Wildman–Crippen MR) is 98.1 cm³/mol. The number of aromatic nitrogens is 2. The monoisotopic (exact) mass is 413 g/mol. The zero-order valence-corrected chi connectivity index (χ0v) is 15.9. The van der Waals surface area contributed by atoms with Gasteiger partial charge in [0.1, 0.15) is 24.3 Å². The van der Waals surface area contributed by atoms with E-state index in [0.717, 1.165) is 18.9 Å². The van der Waals surface area contributed by atoms with Crippen molar-refractivity contribution < 1.29 is 32.5 Å². The molecule has 7 nitrogen and oxygen atoms in total. The molecule has 1 saturated heterocycles. The lowest BCUT2D eigenvalue weighted by Crippen LogP contribution is -2.27. The number of halogens is 3. The molecule has 10 heteroatoms. The fourth-order valence-electron chi connectivity index (χ4n) is 2.63. The van der Waals surface area contributed by atoms with Crippen molar-refractivity contribution in [3.8, 4) is 5.75 Å². The van der Waals surface area contributed by atoms with Crippen LogP contribution in [0.1, 0.15) is 37.6 Å². The summed E-state index contributed by atoms with van der Waals surface area (Å²) in [6.07, 6.45) is 1.48. The second-order valence-corrected chi connectivity index (χ2v) is 6.20. The van der Waals surface area contributed by atoms with Crippen LogP contribution in [0.15, 0.2) is 30.6 Å². The Balaban J connectivity index is 0.000000221. The number of rotatable bonds is 5. The summed E-state index contributed by atoms with van der Waals surface area (Å²) in [6.45, 7) is 1.74. The molecule has 2 unspecified atom stereocenters. The largest absolute Gasteiger partial charge is 0.496 e. The highest BCUT2D eigenvalue weighted by Gasteiger charge is 2.28. The molecule has 1 aromatic carbocycles. The molecule has 2 atom stereocenters. The summed E-state index contributed by atoms with van der Waals surface area (Å²) < 4.78 is 47.1. The molecule has 2 aromatic rings. The number of amides is 1. The maximum Gasteiger partial charge on any atom is 0.270 e. The van der Waals surface area contributed by atoms with Gasteiger partial charge in [0.2, 0.25) is 0 Å². The molecule has 0 spiro atoms. The average molecular weight is 413 g/mol. The summed E-state index contributed by atoms with van der Waals surface area (Å²) >= 11 is 0. The number of hydrogen-bond donors (Lipinski definition) is 2. The zero-order chi connectivity index (χ0) is 21.4. The van der Waals surface area contributed by atoms with Crippen molar-refractivity contribution in [2.45, 2.75) is 45.0 Å². The van der Waals surface area contributed by atoms with E-state index in [1.807, 2.05) is 6.92 Å². The third-order valence-corrected chi connectivity index (χ3v) is 4.09. The Hall–Kier alpha value is -2.72.